The number of carbonyl (C=O) groups excluding carboxylic acids is 1. The summed E-state index contributed by atoms with van der Waals surface area (Å²) in [5, 5.41) is 0. The Morgan fingerprint density at radius 3 is 1.76 bits per heavy atom. The van der Waals surface area contributed by atoms with Crippen molar-refractivity contribution in [2.45, 2.75) is 51.4 Å². The predicted molar refractivity (Wildman–Crippen MR) is 157 cm³/mol. The monoisotopic (exact) mass is 512 g/mol. The summed E-state index contributed by atoms with van der Waals surface area (Å²) in [6.45, 7) is 4.46. The number of ether oxygens (including phenoxy) is 3. The molecule has 0 aliphatic heterocycles. The minimum atomic E-state index is -0.318. The Bertz CT molecular complexity index is 1160. The van der Waals surface area contributed by atoms with E-state index in [9.17, 15) is 4.79 Å². The van der Waals surface area contributed by atoms with Crippen molar-refractivity contribution in [1.29, 1.82) is 0 Å². The van der Waals surface area contributed by atoms with E-state index in [1.54, 1.807) is 27.2 Å². The lowest BCUT2D eigenvalue weighted by Gasteiger charge is -2.28. The Balaban J connectivity index is 1.64. The van der Waals surface area contributed by atoms with Crippen LogP contribution >= 0.6 is 0 Å². The Kier molecular flexibility index (Phi) is 11.7. The summed E-state index contributed by atoms with van der Waals surface area (Å²) < 4.78 is 15.7. The van der Waals surface area contributed by atoms with E-state index in [1.807, 2.05) is 12.1 Å². The van der Waals surface area contributed by atoms with E-state index in [4.69, 9.17) is 14.2 Å². The number of hydrogen-bond donors (Lipinski definition) is 0. The van der Waals surface area contributed by atoms with Gasteiger partial charge in [0, 0.05) is 6.08 Å². The summed E-state index contributed by atoms with van der Waals surface area (Å²) in [5.74, 6) is 2.29. The van der Waals surface area contributed by atoms with E-state index in [2.05, 4.69) is 79.7 Å². The van der Waals surface area contributed by atoms with Gasteiger partial charge in [-0.3, -0.25) is 0 Å². The van der Waals surface area contributed by atoms with Crippen molar-refractivity contribution in [2.75, 3.05) is 20.8 Å². The van der Waals surface area contributed by atoms with Gasteiger partial charge in [0.15, 0.2) is 0 Å². The second-order valence-corrected chi connectivity index (χ2v) is 9.25. The summed E-state index contributed by atoms with van der Waals surface area (Å²) in [5.41, 5.74) is 4.82. The highest BCUT2D eigenvalue weighted by molar-refractivity contribution is 5.87. The molecule has 2 atom stereocenters. The molecular weight excluding hydrogens is 472 g/mol. The third-order valence-corrected chi connectivity index (χ3v) is 6.84. The van der Waals surface area contributed by atoms with Crippen LogP contribution in [0, 0.1) is 0 Å². The molecule has 0 saturated carbocycles. The van der Waals surface area contributed by atoms with Crippen molar-refractivity contribution in [2.24, 2.45) is 0 Å². The summed E-state index contributed by atoms with van der Waals surface area (Å²) >= 11 is 0. The van der Waals surface area contributed by atoms with Gasteiger partial charge in [0.05, 0.1) is 20.8 Å². The first-order valence-corrected chi connectivity index (χ1v) is 13.5. The van der Waals surface area contributed by atoms with Gasteiger partial charge < -0.3 is 14.2 Å². The Morgan fingerprint density at radius 2 is 1.26 bits per heavy atom. The fourth-order valence-electron chi connectivity index (χ4n) is 4.80. The Labute approximate surface area is 228 Å². The average Bonchev–Trinajstić information content (AvgIpc) is 2.96. The van der Waals surface area contributed by atoms with E-state index >= 15 is 0 Å². The van der Waals surface area contributed by atoms with E-state index in [1.165, 1.54) is 17.2 Å². The summed E-state index contributed by atoms with van der Waals surface area (Å²) in [6.07, 6.45) is 11.9. The Hall–Kier alpha value is -3.79. The molecule has 0 saturated heterocycles. The molecule has 3 rings (SSSR count). The van der Waals surface area contributed by atoms with E-state index in [0.29, 0.717) is 18.4 Å². The summed E-state index contributed by atoms with van der Waals surface area (Å²) in [6, 6.07) is 25.2. The molecule has 0 radical (unpaired) electrons. The van der Waals surface area contributed by atoms with Gasteiger partial charge in [0.2, 0.25) is 0 Å². The molecule has 4 nitrogen and oxygen atoms in total. The summed E-state index contributed by atoms with van der Waals surface area (Å²) in [7, 11) is 3.41. The molecule has 0 aromatic heterocycles. The third kappa shape index (κ3) is 8.65. The minimum Gasteiger partial charge on any atom is -0.497 e. The molecule has 3 aromatic carbocycles. The predicted octanol–water partition coefficient (Wildman–Crippen LogP) is 8.44. The van der Waals surface area contributed by atoms with Crippen molar-refractivity contribution in [3.8, 4) is 11.5 Å². The van der Waals surface area contributed by atoms with Crippen LogP contribution in [0.15, 0.2) is 84.9 Å². The van der Waals surface area contributed by atoms with E-state index < -0.39 is 0 Å². The van der Waals surface area contributed by atoms with Gasteiger partial charge in [-0.05, 0) is 97.0 Å². The fourth-order valence-corrected chi connectivity index (χ4v) is 4.80. The van der Waals surface area contributed by atoms with Crippen LogP contribution in [0.2, 0.25) is 0 Å². The van der Waals surface area contributed by atoms with Gasteiger partial charge in [-0.25, -0.2) is 4.79 Å². The molecule has 0 spiro atoms. The molecule has 0 heterocycles. The van der Waals surface area contributed by atoms with Crippen LogP contribution in [0.3, 0.4) is 0 Å². The molecule has 4 heteroatoms. The third-order valence-electron chi connectivity index (χ3n) is 6.84. The zero-order valence-corrected chi connectivity index (χ0v) is 23.1. The van der Waals surface area contributed by atoms with Crippen molar-refractivity contribution in [1.82, 2.24) is 0 Å². The fraction of sp³-hybridized carbons (Fsp3) is 0.324. The van der Waals surface area contributed by atoms with Gasteiger partial charge in [0.1, 0.15) is 11.5 Å². The molecule has 2 unspecified atom stereocenters. The molecule has 0 amide bonds. The smallest absolute Gasteiger partial charge is 0.330 e. The first kappa shape index (κ1) is 28.8. The molecule has 3 aromatic rings. The molecule has 0 bridgehead atoms. The van der Waals surface area contributed by atoms with Crippen LogP contribution in [-0.2, 0) is 9.53 Å². The van der Waals surface area contributed by atoms with Crippen molar-refractivity contribution in [3.63, 3.8) is 0 Å². The SMILES string of the molecule is CCOC(=O)C=Cc1ccc(C=CCCCC(c2ccc(OC)cc2)C(CC)c2ccc(OC)cc2)cc1. The lowest BCUT2D eigenvalue weighted by molar-refractivity contribution is -0.137. The first-order chi connectivity index (χ1) is 18.6. The van der Waals surface area contributed by atoms with Crippen LogP contribution in [-0.4, -0.2) is 26.8 Å². The van der Waals surface area contributed by atoms with Crippen molar-refractivity contribution < 1.29 is 19.0 Å². The molecule has 0 fully saturated rings. The molecule has 200 valence electrons. The topological polar surface area (TPSA) is 44.8 Å². The second-order valence-electron chi connectivity index (χ2n) is 9.25. The van der Waals surface area contributed by atoms with Crippen molar-refractivity contribution in [3.05, 3.63) is 107 Å². The zero-order valence-electron chi connectivity index (χ0n) is 23.1. The van der Waals surface area contributed by atoms with Gasteiger partial charge in [-0.15, -0.1) is 0 Å². The molecule has 38 heavy (non-hydrogen) atoms. The average molecular weight is 513 g/mol. The highest BCUT2D eigenvalue weighted by atomic mass is 16.5. The number of methoxy groups -OCH3 is 2. The quantitative estimate of drug-likeness (QED) is 0.123. The summed E-state index contributed by atoms with van der Waals surface area (Å²) in [4.78, 5) is 11.5. The van der Waals surface area contributed by atoms with E-state index in [-0.39, 0.29) is 5.97 Å². The minimum absolute atomic E-state index is 0.318. The molecular formula is C34H40O4. The van der Waals surface area contributed by atoms with Crippen LogP contribution in [0.5, 0.6) is 11.5 Å². The largest absolute Gasteiger partial charge is 0.497 e. The number of benzene rings is 3. The van der Waals surface area contributed by atoms with Crippen molar-refractivity contribution >= 4 is 18.1 Å². The highest BCUT2D eigenvalue weighted by Crippen LogP contribution is 2.40. The molecule has 0 aliphatic carbocycles. The van der Waals surface area contributed by atoms with Gasteiger partial charge in [-0.2, -0.15) is 0 Å². The Morgan fingerprint density at radius 1 is 0.737 bits per heavy atom. The number of rotatable bonds is 14. The van der Waals surface area contributed by atoms with Gasteiger partial charge in [0.25, 0.3) is 0 Å². The number of unbranched alkanes of at least 4 members (excludes halogenated alkanes) is 1. The number of esters is 1. The van der Waals surface area contributed by atoms with E-state index in [0.717, 1.165) is 48.3 Å². The van der Waals surface area contributed by atoms with Crippen LogP contribution in [0.4, 0.5) is 0 Å². The normalized spacial score (nSPS) is 12.9. The maximum atomic E-state index is 11.5. The first-order valence-electron chi connectivity index (χ1n) is 13.5. The maximum Gasteiger partial charge on any atom is 0.330 e. The number of carbonyl (C=O) groups is 1. The number of allylic oxidation sites excluding steroid dienone is 1. The van der Waals surface area contributed by atoms with Gasteiger partial charge in [-0.1, -0.05) is 67.6 Å². The lowest BCUT2D eigenvalue weighted by atomic mass is 9.77. The van der Waals surface area contributed by atoms with Crippen LogP contribution in [0.1, 0.15) is 73.6 Å². The van der Waals surface area contributed by atoms with Crippen LogP contribution < -0.4 is 9.47 Å². The van der Waals surface area contributed by atoms with Crippen LogP contribution in [0.25, 0.3) is 12.2 Å². The van der Waals surface area contributed by atoms with Gasteiger partial charge >= 0.3 is 5.97 Å². The maximum absolute atomic E-state index is 11.5. The molecule has 0 aliphatic rings. The second kappa shape index (κ2) is 15.5. The molecule has 0 N–H and O–H groups in total. The zero-order chi connectivity index (χ0) is 27.2. The lowest BCUT2D eigenvalue weighted by Crippen LogP contribution is -2.11. The number of hydrogen-bond acceptors (Lipinski definition) is 4. The standard InChI is InChI=1S/C34H40O4/c1-5-32(28-17-21-30(36-3)22-18-28)33(29-19-23-31(37-4)24-20-29)11-9-7-8-10-26-12-14-27(15-13-26)16-25-34(35)38-6-2/h8,10,12-25,32-33H,5-7,9,11H2,1-4H3. The highest BCUT2D eigenvalue weighted by Gasteiger charge is 2.23.